The van der Waals surface area contributed by atoms with E-state index in [2.05, 4.69) is 18.1 Å². The number of terminal acetylenes is 1. The average Bonchev–Trinajstić information content (AvgIpc) is 2.84. The van der Waals surface area contributed by atoms with E-state index >= 15 is 0 Å². The zero-order valence-corrected chi connectivity index (χ0v) is 18.5. The highest BCUT2D eigenvalue weighted by Crippen LogP contribution is 2.66. The molecule has 20 heteroatoms. The van der Waals surface area contributed by atoms with Crippen molar-refractivity contribution in [3.8, 4) is 12.3 Å². The fraction of sp³-hybridized carbons (Fsp3) is 0.500. The van der Waals surface area contributed by atoms with Gasteiger partial charge in [0.1, 0.15) is 18.0 Å². The lowest BCUT2D eigenvalue weighted by Gasteiger charge is -2.27. The summed E-state index contributed by atoms with van der Waals surface area (Å²) in [7, 11) is -17.0. The van der Waals surface area contributed by atoms with Crippen LogP contribution in [0.1, 0.15) is 13.2 Å². The molecule has 0 radical (unpaired) electrons. The summed E-state index contributed by atoms with van der Waals surface area (Å²) in [6, 6.07) is 1.15. The molecular weight excluding hydrogens is 503 g/mol. The van der Waals surface area contributed by atoms with Crippen molar-refractivity contribution in [1.29, 1.82) is 0 Å². The third-order valence-corrected chi connectivity index (χ3v) is 7.86. The predicted molar refractivity (Wildman–Crippen MR) is 101 cm³/mol. The molecule has 7 atom stereocenters. The molecule has 1 aliphatic rings. The number of hydrogen-bond donors (Lipinski definition) is 7. The second-order valence-electron chi connectivity index (χ2n) is 6.31. The molecule has 0 amide bonds. The van der Waals surface area contributed by atoms with Crippen LogP contribution >= 0.6 is 23.5 Å². The first-order valence-corrected chi connectivity index (χ1v) is 12.6. The maximum atomic E-state index is 12.1. The predicted octanol–water partition coefficient (Wildman–Crippen LogP) is -1.82. The van der Waals surface area contributed by atoms with E-state index in [1.54, 1.807) is 0 Å². The third kappa shape index (κ3) is 6.10. The van der Waals surface area contributed by atoms with E-state index in [0.29, 0.717) is 4.57 Å². The van der Waals surface area contributed by atoms with Gasteiger partial charge in [0.2, 0.25) is 0 Å². The van der Waals surface area contributed by atoms with Crippen molar-refractivity contribution < 1.29 is 61.4 Å². The number of nitrogens with two attached hydrogens (primary N) is 1. The molecule has 180 valence electrons. The summed E-state index contributed by atoms with van der Waals surface area (Å²) < 4.78 is 51.8. The number of rotatable bonds is 8. The van der Waals surface area contributed by atoms with Crippen LogP contribution in [0.15, 0.2) is 17.1 Å². The van der Waals surface area contributed by atoms with Crippen molar-refractivity contribution in [1.82, 2.24) is 9.55 Å². The fourth-order valence-electron chi connectivity index (χ4n) is 2.70. The SMILES string of the molecule is C#CC1(O)[C@@H](O)[C@@H]([C@@H](C)OP(=O)(O)OP(=O)(O)OP(=O)(O)O)O[C@H]1n1ccc(N)nc1=O. The summed E-state index contributed by atoms with van der Waals surface area (Å²) in [5.41, 5.74) is 1.76. The first-order valence-electron chi connectivity index (χ1n) is 8.11. The summed E-state index contributed by atoms with van der Waals surface area (Å²) in [5, 5.41) is 21.1. The monoisotopic (exact) mass is 521 g/mol. The fourth-order valence-corrected chi connectivity index (χ4v) is 5.90. The number of nitrogens with zero attached hydrogens (tertiary/aromatic N) is 2. The largest absolute Gasteiger partial charge is 0.490 e. The summed E-state index contributed by atoms with van der Waals surface area (Å²) in [5.74, 6) is 1.67. The molecule has 8 N–H and O–H groups in total. The van der Waals surface area contributed by atoms with Crippen LogP contribution in [0, 0.1) is 12.3 Å². The number of nitrogen functional groups attached to an aromatic ring is 1. The second kappa shape index (κ2) is 9.05. The van der Waals surface area contributed by atoms with Crippen LogP contribution in [0.2, 0.25) is 0 Å². The van der Waals surface area contributed by atoms with E-state index in [4.69, 9.17) is 26.7 Å². The Balaban J connectivity index is 2.27. The van der Waals surface area contributed by atoms with Crippen molar-refractivity contribution in [3.63, 3.8) is 0 Å². The molecular formula is C12H18N3O14P3. The van der Waals surface area contributed by atoms with E-state index in [0.717, 1.165) is 19.2 Å². The topological polar surface area (TPSA) is 270 Å². The van der Waals surface area contributed by atoms with Crippen LogP contribution in [0.4, 0.5) is 5.82 Å². The third-order valence-electron chi connectivity index (χ3n) is 3.94. The zero-order chi connectivity index (χ0) is 24.7. The van der Waals surface area contributed by atoms with Gasteiger partial charge < -0.3 is 40.3 Å². The zero-order valence-electron chi connectivity index (χ0n) is 15.8. The molecule has 32 heavy (non-hydrogen) atoms. The van der Waals surface area contributed by atoms with Crippen LogP contribution in [-0.2, 0) is 31.6 Å². The Bertz CT molecular complexity index is 1110. The Labute approximate surface area is 178 Å². The minimum Gasteiger partial charge on any atom is -0.386 e. The first kappa shape index (κ1) is 26.8. The van der Waals surface area contributed by atoms with Gasteiger partial charge in [-0.2, -0.15) is 13.6 Å². The molecule has 1 saturated heterocycles. The summed E-state index contributed by atoms with van der Waals surface area (Å²) >= 11 is 0. The Morgan fingerprint density at radius 1 is 1.28 bits per heavy atom. The number of ether oxygens (including phenoxy) is 1. The first-order chi connectivity index (χ1) is 14.4. The number of aromatic nitrogens is 2. The Kier molecular flexibility index (Phi) is 7.58. The van der Waals surface area contributed by atoms with Crippen molar-refractivity contribution >= 4 is 29.3 Å². The number of anilines is 1. The maximum Gasteiger partial charge on any atom is 0.490 e. The number of hydrogen-bond acceptors (Lipinski definition) is 12. The lowest BCUT2D eigenvalue weighted by molar-refractivity contribution is -0.0868. The average molecular weight is 521 g/mol. The molecule has 0 spiro atoms. The van der Waals surface area contributed by atoms with Gasteiger partial charge in [-0.3, -0.25) is 9.09 Å². The minimum absolute atomic E-state index is 0.174. The van der Waals surface area contributed by atoms with Crippen LogP contribution < -0.4 is 11.4 Å². The molecule has 1 aliphatic heterocycles. The molecule has 0 saturated carbocycles. The summed E-state index contributed by atoms with van der Waals surface area (Å²) in [4.78, 5) is 51.4. The minimum atomic E-state index is -5.79. The molecule has 1 aromatic heterocycles. The molecule has 2 rings (SSSR count). The quantitative estimate of drug-likeness (QED) is 0.146. The van der Waals surface area contributed by atoms with Gasteiger partial charge in [-0.15, -0.1) is 6.42 Å². The lowest BCUT2D eigenvalue weighted by Crippen LogP contribution is -2.48. The van der Waals surface area contributed by atoms with Gasteiger partial charge >= 0.3 is 29.2 Å². The van der Waals surface area contributed by atoms with Gasteiger partial charge in [0, 0.05) is 6.20 Å². The standard InChI is InChI=1S/C12H18N3O14P3/c1-3-12(18)9(16)8(26-10(12)15-5-4-7(13)14-11(15)17)6(2)27-31(22,23)29-32(24,25)28-30(19,20)21/h1,4-6,8-10,16,18H,2H3,(H,22,23)(H,24,25)(H2,13,14,17)(H2,19,20,21)/t6-,8-,9+,10-,12?/m1/s1. The van der Waals surface area contributed by atoms with Crippen LogP contribution in [0.5, 0.6) is 0 Å². The van der Waals surface area contributed by atoms with Gasteiger partial charge in [0.25, 0.3) is 0 Å². The van der Waals surface area contributed by atoms with Crippen molar-refractivity contribution in [2.24, 2.45) is 0 Å². The van der Waals surface area contributed by atoms with E-state index < -0.39 is 59.3 Å². The highest BCUT2D eigenvalue weighted by Gasteiger charge is 2.58. The molecule has 3 unspecified atom stereocenters. The van der Waals surface area contributed by atoms with Gasteiger partial charge in [-0.25, -0.2) is 18.5 Å². The summed E-state index contributed by atoms with van der Waals surface area (Å²) in [6.07, 6.45) is -0.999. The number of aliphatic hydroxyl groups excluding tert-OH is 1. The molecule has 2 heterocycles. The van der Waals surface area contributed by atoms with Gasteiger partial charge in [0.05, 0.1) is 6.10 Å². The molecule has 1 aromatic rings. The number of phosphoric acid groups is 3. The second-order valence-corrected chi connectivity index (χ2v) is 10.7. The number of phosphoric ester groups is 1. The Morgan fingerprint density at radius 3 is 2.38 bits per heavy atom. The van der Waals surface area contributed by atoms with Crippen LogP contribution in [0.25, 0.3) is 0 Å². The van der Waals surface area contributed by atoms with E-state index in [-0.39, 0.29) is 5.82 Å². The van der Waals surface area contributed by atoms with E-state index in [1.165, 1.54) is 0 Å². The van der Waals surface area contributed by atoms with Crippen molar-refractivity contribution in [2.75, 3.05) is 5.73 Å². The highest BCUT2D eigenvalue weighted by atomic mass is 31.3. The molecule has 1 fully saturated rings. The molecule has 0 aromatic carbocycles. The normalized spacial score (nSPS) is 30.8. The van der Waals surface area contributed by atoms with E-state index in [9.17, 15) is 38.5 Å². The number of aliphatic hydroxyl groups is 2. The van der Waals surface area contributed by atoms with Gasteiger partial charge in [-0.1, -0.05) is 5.92 Å². The van der Waals surface area contributed by atoms with Crippen molar-refractivity contribution in [3.05, 3.63) is 22.7 Å². The van der Waals surface area contributed by atoms with Gasteiger partial charge in [-0.05, 0) is 13.0 Å². The summed E-state index contributed by atoms with van der Waals surface area (Å²) in [6.45, 7) is 0.982. The lowest BCUT2D eigenvalue weighted by atomic mass is 9.93. The highest BCUT2D eigenvalue weighted by molar-refractivity contribution is 7.66. The van der Waals surface area contributed by atoms with Crippen molar-refractivity contribution in [2.45, 2.75) is 37.1 Å². The van der Waals surface area contributed by atoms with E-state index in [1.807, 2.05) is 5.92 Å². The molecule has 0 aliphatic carbocycles. The van der Waals surface area contributed by atoms with Crippen LogP contribution in [-0.4, -0.2) is 63.3 Å². The van der Waals surface area contributed by atoms with Crippen LogP contribution in [0.3, 0.4) is 0 Å². The molecule has 17 nitrogen and oxygen atoms in total. The van der Waals surface area contributed by atoms with Gasteiger partial charge in [0.15, 0.2) is 11.8 Å². The molecule has 0 bridgehead atoms. The smallest absolute Gasteiger partial charge is 0.386 e. The Morgan fingerprint density at radius 2 is 1.88 bits per heavy atom. The Hall–Kier alpha value is -1.47. The maximum absolute atomic E-state index is 12.1.